The molecule has 0 aliphatic heterocycles. The van der Waals surface area contributed by atoms with E-state index >= 15 is 0 Å². The van der Waals surface area contributed by atoms with Gasteiger partial charge in [-0.2, -0.15) is 0 Å². The number of ether oxygens (including phenoxy) is 2. The molecule has 6 heteroatoms. The number of halogens is 3. The second kappa shape index (κ2) is 8.98. The van der Waals surface area contributed by atoms with Crippen LogP contribution in [0.4, 0.5) is 10.1 Å². The second-order valence-electron chi connectivity index (χ2n) is 5.84. The zero-order valence-corrected chi connectivity index (χ0v) is 16.1. The molecule has 0 atom stereocenters. The third-order valence-electron chi connectivity index (χ3n) is 3.99. The fraction of sp³-hybridized carbons (Fsp3) is 0.143. The summed E-state index contributed by atoms with van der Waals surface area (Å²) in [5.41, 5.74) is 2.14. The molecular weight excluding hydrogens is 388 g/mol. The summed E-state index contributed by atoms with van der Waals surface area (Å²) >= 11 is 12.5. The number of rotatable bonds is 7. The molecule has 0 saturated carbocycles. The van der Waals surface area contributed by atoms with Crippen molar-refractivity contribution in [1.29, 1.82) is 0 Å². The lowest BCUT2D eigenvalue weighted by molar-refractivity contribution is 0.297. The van der Waals surface area contributed by atoms with Gasteiger partial charge in [0, 0.05) is 28.4 Å². The largest absolute Gasteiger partial charge is 0.497 e. The summed E-state index contributed by atoms with van der Waals surface area (Å²) < 4.78 is 24.8. The van der Waals surface area contributed by atoms with Crippen molar-refractivity contribution in [1.82, 2.24) is 0 Å². The van der Waals surface area contributed by atoms with Gasteiger partial charge in [0.05, 0.1) is 12.1 Å². The van der Waals surface area contributed by atoms with Crippen molar-refractivity contribution in [2.45, 2.75) is 13.2 Å². The van der Waals surface area contributed by atoms with E-state index in [1.807, 2.05) is 24.3 Å². The molecule has 0 aromatic heterocycles. The molecule has 0 amide bonds. The maximum absolute atomic E-state index is 13.8. The zero-order valence-electron chi connectivity index (χ0n) is 14.6. The van der Waals surface area contributed by atoms with E-state index in [0.717, 1.165) is 17.0 Å². The van der Waals surface area contributed by atoms with E-state index in [2.05, 4.69) is 5.32 Å². The maximum Gasteiger partial charge on any atom is 0.143 e. The summed E-state index contributed by atoms with van der Waals surface area (Å²) in [5.74, 6) is 0.936. The monoisotopic (exact) mass is 405 g/mol. The number of nitrogens with one attached hydrogen (secondary N) is 1. The van der Waals surface area contributed by atoms with Gasteiger partial charge in [-0.15, -0.1) is 0 Å². The number of benzene rings is 3. The molecule has 3 nitrogen and oxygen atoms in total. The lowest BCUT2D eigenvalue weighted by Gasteiger charge is -2.15. The van der Waals surface area contributed by atoms with Crippen molar-refractivity contribution in [2.75, 3.05) is 12.4 Å². The van der Waals surface area contributed by atoms with Gasteiger partial charge in [0.25, 0.3) is 0 Å². The van der Waals surface area contributed by atoms with Crippen LogP contribution in [0.2, 0.25) is 10.0 Å². The minimum absolute atomic E-state index is 0.0730. The Labute approximate surface area is 167 Å². The molecule has 0 aliphatic rings. The molecule has 0 spiro atoms. The first-order chi connectivity index (χ1) is 13.1. The maximum atomic E-state index is 13.8. The van der Waals surface area contributed by atoms with Crippen molar-refractivity contribution >= 4 is 28.9 Å². The molecule has 3 aromatic carbocycles. The Balaban J connectivity index is 1.76. The van der Waals surface area contributed by atoms with Gasteiger partial charge in [0.1, 0.15) is 23.9 Å². The molecule has 3 aromatic rings. The second-order valence-corrected chi connectivity index (χ2v) is 6.68. The minimum Gasteiger partial charge on any atom is -0.497 e. The Morgan fingerprint density at radius 1 is 0.963 bits per heavy atom. The Hall–Kier alpha value is -2.43. The van der Waals surface area contributed by atoms with Crippen LogP contribution < -0.4 is 14.8 Å². The van der Waals surface area contributed by atoms with E-state index in [0.29, 0.717) is 27.9 Å². The number of methoxy groups -OCH3 is 1. The van der Waals surface area contributed by atoms with E-state index in [1.165, 1.54) is 6.07 Å². The lowest BCUT2D eigenvalue weighted by atomic mass is 10.2. The molecule has 0 bridgehead atoms. The summed E-state index contributed by atoms with van der Waals surface area (Å²) in [6, 6.07) is 17.4. The van der Waals surface area contributed by atoms with Crippen LogP contribution >= 0.6 is 23.2 Å². The quantitative estimate of drug-likeness (QED) is 0.497. The third-order valence-corrected chi connectivity index (χ3v) is 4.49. The molecule has 3 rings (SSSR count). The summed E-state index contributed by atoms with van der Waals surface area (Å²) in [6.45, 7) is 0.517. The smallest absolute Gasteiger partial charge is 0.143 e. The number of hydrogen-bond acceptors (Lipinski definition) is 3. The fourth-order valence-corrected chi connectivity index (χ4v) is 3.17. The van der Waals surface area contributed by atoms with Crippen LogP contribution in [0.25, 0.3) is 0 Å². The van der Waals surface area contributed by atoms with Crippen LogP contribution in [0.15, 0.2) is 60.7 Å². The number of hydrogen-bond donors (Lipinski definition) is 1. The van der Waals surface area contributed by atoms with Crippen LogP contribution in [0.3, 0.4) is 0 Å². The van der Waals surface area contributed by atoms with Crippen molar-refractivity contribution < 1.29 is 13.9 Å². The lowest BCUT2D eigenvalue weighted by Crippen LogP contribution is -2.05. The van der Waals surface area contributed by atoms with Gasteiger partial charge in [-0.3, -0.25) is 0 Å². The van der Waals surface area contributed by atoms with Crippen LogP contribution in [0, 0.1) is 5.82 Å². The van der Waals surface area contributed by atoms with E-state index < -0.39 is 0 Å². The Bertz CT molecular complexity index is 917. The highest BCUT2D eigenvalue weighted by Gasteiger charge is 2.12. The average molecular weight is 406 g/mol. The predicted molar refractivity (Wildman–Crippen MR) is 108 cm³/mol. The molecule has 0 aliphatic carbocycles. The highest BCUT2D eigenvalue weighted by atomic mass is 35.5. The van der Waals surface area contributed by atoms with Crippen molar-refractivity contribution in [2.24, 2.45) is 0 Å². The van der Waals surface area contributed by atoms with Gasteiger partial charge >= 0.3 is 0 Å². The first kappa shape index (κ1) is 19.3. The first-order valence-electron chi connectivity index (χ1n) is 8.29. The third kappa shape index (κ3) is 5.06. The molecule has 27 heavy (non-hydrogen) atoms. The summed E-state index contributed by atoms with van der Waals surface area (Å²) in [4.78, 5) is 0. The molecule has 0 unspecified atom stereocenters. The van der Waals surface area contributed by atoms with Crippen LogP contribution in [0.1, 0.15) is 11.1 Å². The molecule has 0 saturated heterocycles. The molecule has 140 valence electrons. The van der Waals surface area contributed by atoms with Crippen LogP contribution in [0.5, 0.6) is 11.5 Å². The standard InChI is InChI=1S/C21H18Cl2FNO2/c1-26-18-8-6-17(7-9-18)25-12-15-10-16(22)11-19(23)21(15)27-13-14-4-2-3-5-20(14)24/h2-11,25H,12-13H2,1H3. The first-order valence-corrected chi connectivity index (χ1v) is 9.04. The highest BCUT2D eigenvalue weighted by molar-refractivity contribution is 6.35. The summed E-state index contributed by atoms with van der Waals surface area (Å²) in [7, 11) is 1.62. The Morgan fingerprint density at radius 3 is 2.41 bits per heavy atom. The fourth-order valence-electron chi connectivity index (χ4n) is 2.58. The van der Waals surface area contributed by atoms with Gasteiger partial charge in [-0.05, 0) is 42.5 Å². The predicted octanol–water partition coefficient (Wildman–Crippen LogP) is 6.33. The van der Waals surface area contributed by atoms with Gasteiger partial charge in [0.15, 0.2) is 0 Å². The molecular formula is C21H18Cl2FNO2. The van der Waals surface area contributed by atoms with Crippen LogP contribution in [-0.4, -0.2) is 7.11 Å². The van der Waals surface area contributed by atoms with Crippen molar-refractivity contribution in [3.8, 4) is 11.5 Å². The molecule has 1 N–H and O–H groups in total. The zero-order chi connectivity index (χ0) is 19.2. The van der Waals surface area contributed by atoms with Gasteiger partial charge in [-0.1, -0.05) is 41.4 Å². The van der Waals surface area contributed by atoms with Crippen LogP contribution in [-0.2, 0) is 13.2 Å². The number of anilines is 1. The van der Waals surface area contributed by atoms with E-state index in [9.17, 15) is 4.39 Å². The van der Waals surface area contributed by atoms with Gasteiger partial charge in [-0.25, -0.2) is 4.39 Å². The van der Waals surface area contributed by atoms with E-state index in [4.69, 9.17) is 32.7 Å². The minimum atomic E-state index is -0.319. The van der Waals surface area contributed by atoms with E-state index in [-0.39, 0.29) is 12.4 Å². The SMILES string of the molecule is COc1ccc(NCc2cc(Cl)cc(Cl)c2OCc2ccccc2F)cc1. The molecule has 0 radical (unpaired) electrons. The Morgan fingerprint density at radius 2 is 1.70 bits per heavy atom. The normalized spacial score (nSPS) is 10.5. The van der Waals surface area contributed by atoms with E-state index in [1.54, 1.807) is 37.4 Å². The molecule has 0 fully saturated rings. The summed E-state index contributed by atoms with van der Waals surface area (Å²) in [6.07, 6.45) is 0. The Kier molecular flexibility index (Phi) is 6.43. The van der Waals surface area contributed by atoms with Crippen molar-refractivity contribution in [3.05, 3.63) is 87.7 Å². The topological polar surface area (TPSA) is 30.5 Å². The van der Waals surface area contributed by atoms with Gasteiger partial charge in [0.2, 0.25) is 0 Å². The molecule has 0 heterocycles. The highest BCUT2D eigenvalue weighted by Crippen LogP contribution is 2.34. The average Bonchev–Trinajstić information content (AvgIpc) is 2.67. The summed E-state index contributed by atoms with van der Waals surface area (Å²) in [5, 5.41) is 4.17. The van der Waals surface area contributed by atoms with Gasteiger partial charge < -0.3 is 14.8 Å². The van der Waals surface area contributed by atoms with Crippen molar-refractivity contribution in [3.63, 3.8) is 0 Å².